The predicted molar refractivity (Wildman–Crippen MR) is 138 cm³/mol. The maximum atomic E-state index is 14.7. The molecule has 10 heteroatoms. The summed E-state index contributed by atoms with van der Waals surface area (Å²) < 4.78 is 14.7. The largest absolute Gasteiger partial charge is 0.336 e. The van der Waals surface area contributed by atoms with Crippen LogP contribution < -0.4 is 11.0 Å². The van der Waals surface area contributed by atoms with E-state index < -0.39 is 11.7 Å². The number of nitrogens with one attached hydrogen (secondary N) is 2. The lowest BCUT2D eigenvalue weighted by molar-refractivity contribution is 0.0623. The van der Waals surface area contributed by atoms with Crippen LogP contribution in [0, 0.1) is 5.82 Å². The van der Waals surface area contributed by atoms with Gasteiger partial charge in [-0.05, 0) is 41.5 Å². The first kappa shape index (κ1) is 25.2. The lowest BCUT2D eigenvalue weighted by Crippen LogP contribution is -2.48. The van der Waals surface area contributed by atoms with Gasteiger partial charge in [-0.1, -0.05) is 36.4 Å². The van der Waals surface area contributed by atoms with Gasteiger partial charge in [0.2, 0.25) is 0 Å². The van der Waals surface area contributed by atoms with Crippen molar-refractivity contribution in [2.24, 2.45) is 0 Å². The molecule has 2 heterocycles. The highest BCUT2D eigenvalue weighted by atomic mass is 19.1. The lowest BCUT2D eigenvalue weighted by atomic mass is 10.0. The summed E-state index contributed by atoms with van der Waals surface area (Å²) in [6, 6.07) is 18.6. The Labute approximate surface area is 217 Å². The van der Waals surface area contributed by atoms with Gasteiger partial charge >= 0.3 is 0 Å². The van der Waals surface area contributed by atoms with Gasteiger partial charge in [0.25, 0.3) is 17.4 Å². The number of carbonyl (C=O) groups is 2. The summed E-state index contributed by atoms with van der Waals surface area (Å²) in [5, 5.41) is 16.7. The zero-order valence-electron chi connectivity index (χ0n) is 20.5. The van der Waals surface area contributed by atoms with Crippen LogP contribution in [0.5, 0.6) is 0 Å². The van der Waals surface area contributed by atoms with E-state index in [1.165, 1.54) is 6.07 Å². The van der Waals surface area contributed by atoms with E-state index in [9.17, 15) is 18.8 Å². The summed E-state index contributed by atoms with van der Waals surface area (Å²) in [5.74, 6) is -1.50. The Morgan fingerprint density at radius 3 is 2.34 bits per heavy atom. The standard InChI is InChI=1S/C28H26FN5O4/c29-24-10-7-19(16-25-21-3-1-2-4-22(21)27(36)31-30-25)15-23(24)28(37)34-13-11-33(12-14-34)17-18-5-8-20(9-6-18)26(35)32-38/h1-10,15,38H,11-14,16-17H2,(H,31,36)(H,32,35). The van der Waals surface area contributed by atoms with Crippen molar-refractivity contribution < 1.29 is 19.2 Å². The van der Waals surface area contributed by atoms with Crippen LogP contribution >= 0.6 is 0 Å². The minimum atomic E-state index is -0.576. The van der Waals surface area contributed by atoms with Crippen molar-refractivity contribution in [1.82, 2.24) is 25.5 Å². The van der Waals surface area contributed by atoms with Gasteiger partial charge in [0.05, 0.1) is 16.6 Å². The summed E-state index contributed by atoms with van der Waals surface area (Å²) in [6.45, 7) is 2.81. The average Bonchev–Trinajstić information content (AvgIpc) is 2.95. The number of aromatic amines is 1. The Kier molecular flexibility index (Phi) is 7.25. The summed E-state index contributed by atoms with van der Waals surface area (Å²) in [7, 11) is 0. The van der Waals surface area contributed by atoms with Gasteiger partial charge in [-0.15, -0.1) is 0 Å². The molecule has 38 heavy (non-hydrogen) atoms. The van der Waals surface area contributed by atoms with Crippen LogP contribution in [0.2, 0.25) is 0 Å². The first-order chi connectivity index (χ1) is 18.4. The van der Waals surface area contributed by atoms with Gasteiger partial charge in [0, 0.05) is 50.1 Å². The summed E-state index contributed by atoms with van der Waals surface area (Å²) in [6.07, 6.45) is 0.338. The molecule has 0 aliphatic carbocycles. The number of carbonyl (C=O) groups excluding carboxylic acids is 2. The molecule has 2 amide bonds. The number of rotatable bonds is 6. The summed E-state index contributed by atoms with van der Waals surface area (Å²) in [5.41, 5.74) is 4.08. The van der Waals surface area contributed by atoms with Gasteiger partial charge in [0.15, 0.2) is 0 Å². The molecular weight excluding hydrogens is 489 g/mol. The fraction of sp³-hybridized carbons (Fsp3) is 0.214. The first-order valence-corrected chi connectivity index (χ1v) is 12.2. The number of benzene rings is 3. The Bertz CT molecular complexity index is 1550. The Morgan fingerprint density at radius 1 is 0.947 bits per heavy atom. The van der Waals surface area contributed by atoms with Crippen LogP contribution in [-0.2, 0) is 13.0 Å². The van der Waals surface area contributed by atoms with Crippen molar-refractivity contribution in [1.29, 1.82) is 0 Å². The molecule has 1 aromatic heterocycles. The number of nitrogens with zero attached hydrogens (tertiary/aromatic N) is 3. The smallest absolute Gasteiger partial charge is 0.274 e. The number of H-pyrrole nitrogens is 1. The predicted octanol–water partition coefficient (Wildman–Crippen LogP) is 2.73. The van der Waals surface area contributed by atoms with E-state index in [1.807, 2.05) is 24.3 Å². The van der Waals surface area contributed by atoms with Crippen molar-refractivity contribution in [2.45, 2.75) is 13.0 Å². The van der Waals surface area contributed by atoms with Gasteiger partial charge < -0.3 is 4.90 Å². The first-order valence-electron chi connectivity index (χ1n) is 12.2. The zero-order chi connectivity index (χ0) is 26.6. The number of hydroxylamine groups is 1. The lowest BCUT2D eigenvalue weighted by Gasteiger charge is -2.35. The van der Waals surface area contributed by atoms with E-state index in [-0.39, 0.29) is 17.0 Å². The molecule has 194 valence electrons. The van der Waals surface area contributed by atoms with E-state index in [1.54, 1.807) is 46.8 Å². The van der Waals surface area contributed by atoms with Crippen molar-refractivity contribution >= 4 is 22.6 Å². The third kappa shape index (κ3) is 5.31. The number of piperazine rings is 1. The highest BCUT2D eigenvalue weighted by Crippen LogP contribution is 2.20. The maximum absolute atomic E-state index is 14.7. The van der Waals surface area contributed by atoms with Crippen LogP contribution in [0.4, 0.5) is 4.39 Å². The number of hydrogen-bond acceptors (Lipinski definition) is 6. The van der Waals surface area contributed by atoms with Crippen molar-refractivity contribution in [3.8, 4) is 0 Å². The topological polar surface area (TPSA) is 119 Å². The van der Waals surface area contributed by atoms with Crippen LogP contribution in [0.25, 0.3) is 10.8 Å². The minimum absolute atomic E-state index is 0.0161. The van der Waals surface area contributed by atoms with Crippen LogP contribution in [0.15, 0.2) is 71.5 Å². The molecule has 1 fully saturated rings. The highest BCUT2D eigenvalue weighted by Gasteiger charge is 2.24. The molecule has 0 spiro atoms. The Morgan fingerprint density at radius 2 is 1.63 bits per heavy atom. The third-order valence-electron chi connectivity index (χ3n) is 6.79. The van der Waals surface area contributed by atoms with Gasteiger partial charge in [-0.2, -0.15) is 5.10 Å². The van der Waals surface area contributed by atoms with Crippen molar-refractivity contribution in [3.05, 3.63) is 111 Å². The summed E-state index contributed by atoms with van der Waals surface area (Å²) in [4.78, 5) is 40.6. The molecule has 9 nitrogen and oxygen atoms in total. The van der Waals surface area contributed by atoms with E-state index in [4.69, 9.17) is 5.21 Å². The molecule has 1 saturated heterocycles. The van der Waals surface area contributed by atoms with Crippen molar-refractivity contribution in [2.75, 3.05) is 26.2 Å². The van der Waals surface area contributed by atoms with Crippen LogP contribution in [0.1, 0.15) is 37.5 Å². The summed E-state index contributed by atoms with van der Waals surface area (Å²) >= 11 is 0. The number of fused-ring (bicyclic) bond motifs is 1. The SMILES string of the molecule is O=C(NO)c1ccc(CN2CCN(C(=O)c3cc(Cc4n[nH]c(=O)c5ccccc45)ccc3F)CC2)cc1. The molecule has 5 rings (SSSR count). The molecule has 3 N–H and O–H groups in total. The molecule has 4 aromatic rings. The molecule has 1 aliphatic heterocycles. The number of amides is 2. The maximum Gasteiger partial charge on any atom is 0.274 e. The fourth-order valence-corrected chi connectivity index (χ4v) is 4.71. The molecule has 3 aromatic carbocycles. The molecule has 0 radical (unpaired) electrons. The number of aromatic nitrogens is 2. The third-order valence-corrected chi connectivity index (χ3v) is 6.79. The molecule has 0 unspecified atom stereocenters. The van der Waals surface area contributed by atoms with Gasteiger partial charge in [0.1, 0.15) is 5.82 Å². The van der Waals surface area contributed by atoms with Crippen LogP contribution in [-0.4, -0.2) is 63.2 Å². The number of halogens is 1. The Hall–Kier alpha value is -4.41. The molecule has 0 saturated carbocycles. The average molecular weight is 516 g/mol. The van der Waals surface area contributed by atoms with Gasteiger partial charge in [-0.25, -0.2) is 15.0 Å². The van der Waals surface area contributed by atoms with E-state index >= 15 is 0 Å². The minimum Gasteiger partial charge on any atom is -0.336 e. The second kappa shape index (κ2) is 10.9. The Balaban J connectivity index is 1.24. The van der Waals surface area contributed by atoms with Gasteiger partial charge in [-0.3, -0.25) is 24.5 Å². The molecule has 0 bridgehead atoms. The molecular formula is C28H26FN5O4. The number of hydrogen-bond donors (Lipinski definition) is 3. The monoisotopic (exact) mass is 515 g/mol. The second-order valence-corrected chi connectivity index (χ2v) is 9.24. The van der Waals surface area contributed by atoms with E-state index in [0.29, 0.717) is 55.8 Å². The normalized spacial score (nSPS) is 14.0. The van der Waals surface area contributed by atoms with Crippen molar-refractivity contribution in [3.63, 3.8) is 0 Å². The van der Waals surface area contributed by atoms with E-state index in [0.717, 1.165) is 16.5 Å². The quantitative estimate of drug-likeness (QED) is 0.269. The zero-order valence-corrected chi connectivity index (χ0v) is 20.5. The molecule has 0 atom stereocenters. The second-order valence-electron chi connectivity index (χ2n) is 9.24. The van der Waals surface area contributed by atoms with E-state index in [2.05, 4.69) is 15.1 Å². The highest BCUT2D eigenvalue weighted by molar-refractivity contribution is 5.95. The fourth-order valence-electron chi connectivity index (χ4n) is 4.71. The van der Waals surface area contributed by atoms with Crippen LogP contribution in [0.3, 0.4) is 0 Å². The molecule has 1 aliphatic rings.